The Morgan fingerprint density at radius 3 is 2.78 bits per heavy atom. The van der Waals surface area contributed by atoms with Crippen molar-refractivity contribution >= 4 is 35.2 Å². The van der Waals surface area contributed by atoms with Gasteiger partial charge in [0.2, 0.25) is 0 Å². The van der Waals surface area contributed by atoms with Crippen LogP contribution in [0.2, 0.25) is 10.0 Å². The molecule has 0 bridgehead atoms. The fraction of sp³-hybridized carbons (Fsp3) is 0.263. The zero-order chi connectivity index (χ0) is 19.4. The van der Waals surface area contributed by atoms with Gasteiger partial charge in [-0.2, -0.15) is 4.73 Å². The topological polar surface area (TPSA) is 82.7 Å². The molecule has 0 aliphatic carbocycles. The van der Waals surface area contributed by atoms with E-state index in [4.69, 9.17) is 32.7 Å². The Labute approximate surface area is 166 Å². The average Bonchev–Trinajstić information content (AvgIpc) is 2.59. The van der Waals surface area contributed by atoms with Crippen molar-refractivity contribution in [3.63, 3.8) is 0 Å². The first-order valence-corrected chi connectivity index (χ1v) is 9.01. The van der Waals surface area contributed by atoms with E-state index in [1.54, 1.807) is 36.4 Å². The van der Waals surface area contributed by atoms with Gasteiger partial charge in [0.1, 0.15) is 18.5 Å². The minimum absolute atomic E-state index is 0.000831. The molecule has 1 saturated heterocycles. The van der Waals surface area contributed by atoms with Gasteiger partial charge in [0.05, 0.1) is 17.5 Å². The van der Waals surface area contributed by atoms with Crippen LogP contribution in [0.5, 0.6) is 5.75 Å². The molecule has 2 heterocycles. The molecule has 8 heteroatoms. The molecule has 3 rings (SSSR count). The van der Waals surface area contributed by atoms with E-state index in [1.165, 1.54) is 12.4 Å². The molecule has 0 radical (unpaired) electrons. The molecule has 27 heavy (non-hydrogen) atoms. The first-order chi connectivity index (χ1) is 12.9. The maximum atomic E-state index is 11.4. The van der Waals surface area contributed by atoms with Crippen LogP contribution in [0.15, 0.2) is 42.7 Å². The molecular formula is C19H17Cl2NO5. The van der Waals surface area contributed by atoms with Gasteiger partial charge < -0.3 is 19.8 Å². The summed E-state index contributed by atoms with van der Waals surface area (Å²) in [5.74, 6) is 0.00653. The number of benzene rings is 1. The summed E-state index contributed by atoms with van der Waals surface area (Å²) >= 11 is 12.4. The Bertz CT molecular complexity index is 854. The van der Waals surface area contributed by atoms with E-state index in [0.717, 1.165) is 5.56 Å². The van der Waals surface area contributed by atoms with E-state index >= 15 is 0 Å². The maximum absolute atomic E-state index is 11.4. The second-order valence-corrected chi connectivity index (χ2v) is 6.98. The molecule has 0 saturated carbocycles. The third-order valence-electron chi connectivity index (χ3n) is 3.99. The van der Waals surface area contributed by atoms with Gasteiger partial charge >= 0.3 is 5.97 Å². The molecule has 1 aliphatic heterocycles. The summed E-state index contributed by atoms with van der Waals surface area (Å²) in [6.07, 6.45) is 5.16. The number of pyridine rings is 1. The largest absolute Gasteiger partial charge is 0.619 e. The quantitative estimate of drug-likeness (QED) is 0.465. The number of aromatic nitrogens is 1. The summed E-state index contributed by atoms with van der Waals surface area (Å²) in [5, 5.41) is 21.6. The minimum atomic E-state index is -0.723. The number of ether oxygens (including phenoxy) is 2. The summed E-state index contributed by atoms with van der Waals surface area (Å²) in [7, 11) is 0. The molecule has 6 nitrogen and oxygen atoms in total. The number of aliphatic hydroxyl groups is 1. The Hall–Kier alpha value is -2.28. The summed E-state index contributed by atoms with van der Waals surface area (Å²) < 4.78 is 11.7. The lowest BCUT2D eigenvalue weighted by Crippen LogP contribution is -2.31. The number of nitrogens with zero attached hydrogens (tertiary/aromatic N) is 1. The van der Waals surface area contributed by atoms with Crippen LogP contribution in [-0.4, -0.2) is 23.3 Å². The highest BCUT2D eigenvalue weighted by atomic mass is 35.5. The molecular weight excluding hydrogens is 393 g/mol. The molecule has 1 fully saturated rings. The summed E-state index contributed by atoms with van der Waals surface area (Å²) in [5.41, 5.74) is 1.38. The van der Waals surface area contributed by atoms with Crippen molar-refractivity contribution in [1.82, 2.24) is 0 Å². The van der Waals surface area contributed by atoms with E-state index in [2.05, 4.69) is 0 Å². The fourth-order valence-electron chi connectivity index (χ4n) is 2.67. The van der Waals surface area contributed by atoms with Crippen molar-refractivity contribution in [2.45, 2.75) is 31.7 Å². The van der Waals surface area contributed by atoms with Gasteiger partial charge in [-0.3, -0.25) is 4.79 Å². The molecule has 1 aromatic heterocycles. The van der Waals surface area contributed by atoms with Crippen LogP contribution in [0, 0.1) is 5.21 Å². The zero-order valence-electron chi connectivity index (χ0n) is 14.2. The van der Waals surface area contributed by atoms with Gasteiger partial charge in [-0.05, 0) is 18.2 Å². The highest BCUT2D eigenvalue weighted by Gasteiger charge is 2.25. The third-order valence-corrected chi connectivity index (χ3v) is 4.52. The normalized spacial score (nSPS) is 19.9. The van der Waals surface area contributed by atoms with Crippen LogP contribution in [-0.2, 0) is 16.1 Å². The van der Waals surface area contributed by atoms with E-state index in [-0.39, 0.29) is 13.0 Å². The van der Waals surface area contributed by atoms with Crippen LogP contribution in [0.25, 0.3) is 6.08 Å². The van der Waals surface area contributed by atoms with Crippen LogP contribution in [0.1, 0.15) is 24.0 Å². The standard InChI is InChI=1S/C19H17Cl2NO5/c20-13-7-17(21)16(2-1-15-9-14(23)10-19(24)27-15)18(8-13)26-11-12-3-5-22(25)6-4-12/h1-8,14-15,23H,9-11H2/b2-1+/t14-,15-/m1/s1. The fourth-order valence-corrected chi connectivity index (χ4v) is 3.21. The van der Waals surface area contributed by atoms with Crippen LogP contribution < -0.4 is 9.47 Å². The lowest BCUT2D eigenvalue weighted by Gasteiger charge is -2.23. The predicted molar refractivity (Wildman–Crippen MR) is 100 cm³/mol. The van der Waals surface area contributed by atoms with Crippen molar-refractivity contribution in [2.75, 3.05) is 0 Å². The highest BCUT2D eigenvalue weighted by Crippen LogP contribution is 2.33. The van der Waals surface area contributed by atoms with E-state index in [9.17, 15) is 15.1 Å². The number of esters is 1. The van der Waals surface area contributed by atoms with Gasteiger partial charge in [0.25, 0.3) is 0 Å². The number of carbonyl (C=O) groups is 1. The predicted octanol–water partition coefficient (Wildman–Crippen LogP) is 3.29. The minimum Gasteiger partial charge on any atom is -0.619 e. The first kappa shape index (κ1) is 19.5. The Balaban J connectivity index is 1.78. The summed E-state index contributed by atoms with van der Waals surface area (Å²) in [6, 6.07) is 6.51. The Morgan fingerprint density at radius 2 is 2.07 bits per heavy atom. The number of halogens is 2. The van der Waals surface area contributed by atoms with Gasteiger partial charge in [-0.1, -0.05) is 29.3 Å². The van der Waals surface area contributed by atoms with E-state index in [1.807, 2.05) is 0 Å². The van der Waals surface area contributed by atoms with Gasteiger partial charge in [-0.25, -0.2) is 0 Å². The van der Waals surface area contributed by atoms with Crippen molar-refractivity contribution in [3.8, 4) is 5.75 Å². The molecule has 2 atom stereocenters. The molecule has 1 N–H and O–H groups in total. The van der Waals surface area contributed by atoms with Crippen molar-refractivity contribution in [2.24, 2.45) is 0 Å². The van der Waals surface area contributed by atoms with E-state index in [0.29, 0.717) is 32.5 Å². The average molecular weight is 410 g/mol. The number of rotatable bonds is 5. The molecule has 142 valence electrons. The second-order valence-electron chi connectivity index (χ2n) is 6.14. The van der Waals surface area contributed by atoms with Crippen molar-refractivity contribution in [1.29, 1.82) is 0 Å². The molecule has 0 amide bonds. The zero-order valence-corrected chi connectivity index (χ0v) is 15.7. The van der Waals surface area contributed by atoms with Crippen LogP contribution >= 0.6 is 23.2 Å². The van der Waals surface area contributed by atoms with Crippen molar-refractivity contribution < 1.29 is 24.1 Å². The Kier molecular flexibility index (Phi) is 6.21. The summed E-state index contributed by atoms with van der Waals surface area (Å²) in [4.78, 5) is 11.4. The number of cyclic esters (lactones) is 1. The molecule has 0 unspecified atom stereocenters. The highest BCUT2D eigenvalue weighted by molar-refractivity contribution is 6.35. The number of carbonyl (C=O) groups excluding carboxylic acids is 1. The lowest BCUT2D eigenvalue weighted by atomic mass is 10.0. The monoisotopic (exact) mass is 409 g/mol. The SMILES string of the molecule is O=C1C[C@H](O)C[C@@H](/C=C/c2c(Cl)cc(Cl)cc2OCc2cc[n+]([O-])cc2)O1. The maximum Gasteiger partial charge on any atom is 0.309 e. The molecule has 1 aliphatic rings. The van der Waals surface area contributed by atoms with Crippen LogP contribution in [0.4, 0.5) is 0 Å². The molecule has 0 spiro atoms. The first-order valence-electron chi connectivity index (χ1n) is 8.26. The van der Waals surface area contributed by atoms with Crippen molar-refractivity contribution in [3.05, 3.63) is 69.1 Å². The van der Waals surface area contributed by atoms with E-state index < -0.39 is 18.2 Å². The van der Waals surface area contributed by atoms with Gasteiger partial charge in [-0.15, -0.1) is 0 Å². The van der Waals surface area contributed by atoms with Crippen LogP contribution in [0.3, 0.4) is 0 Å². The smallest absolute Gasteiger partial charge is 0.309 e. The second kappa shape index (κ2) is 8.61. The van der Waals surface area contributed by atoms with Gasteiger partial charge in [0.15, 0.2) is 12.4 Å². The molecule has 2 aromatic rings. The Morgan fingerprint density at radius 1 is 1.33 bits per heavy atom. The third kappa shape index (κ3) is 5.35. The number of aliphatic hydroxyl groups excluding tert-OH is 1. The lowest BCUT2D eigenvalue weighted by molar-refractivity contribution is -0.605. The number of hydrogen-bond acceptors (Lipinski definition) is 5. The van der Waals surface area contributed by atoms with Gasteiger partial charge in [0, 0.05) is 34.7 Å². The number of hydrogen-bond donors (Lipinski definition) is 1. The molecule has 1 aromatic carbocycles. The summed E-state index contributed by atoms with van der Waals surface area (Å²) in [6.45, 7) is 0.218.